The second kappa shape index (κ2) is 17.8. The van der Waals surface area contributed by atoms with Crippen LogP contribution in [-0.2, 0) is 14.4 Å². The molecule has 4 aromatic rings. The van der Waals surface area contributed by atoms with Gasteiger partial charge >= 0.3 is 0 Å². The molecule has 1 saturated carbocycles. The van der Waals surface area contributed by atoms with Gasteiger partial charge in [0.2, 0.25) is 23.7 Å². The third-order valence-corrected chi connectivity index (χ3v) is 13.0. The van der Waals surface area contributed by atoms with Crippen molar-refractivity contribution >= 4 is 75.7 Å². The third-order valence-electron chi connectivity index (χ3n) is 11.8. The smallest absolute Gasteiger partial charge is 0.270 e. The molecule has 0 spiro atoms. The van der Waals surface area contributed by atoms with Gasteiger partial charge in [0.1, 0.15) is 23.2 Å². The lowest BCUT2D eigenvalue weighted by Crippen LogP contribution is -2.54. The summed E-state index contributed by atoms with van der Waals surface area (Å²) in [6.45, 7) is 2.72. The number of piperazine rings is 1. The topological polar surface area (TPSA) is 183 Å². The number of fused-ring (bicyclic) bond motifs is 2. The average molecular weight is 835 g/mol. The van der Waals surface area contributed by atoms with E-state index in [1.165, 1.54) is 11.8 Å². The van der Waals surface area contributed by atoms with Crippen molar-refractivity contribution in [2.24, 2.45) is 0 Å². The van der Waals surface area contributed by atoms with Gasteiger partial charge in [0, 0.05) is 75.6 Å². The number of nitrogens with zero attached hydrogens (tertiary/aromatic N) is 8. The zero-order valence-corrected chi connectivity index (χ0v) is 34.8. The molecule has 16 nitrogen and oxygen atoms in total. The number of imide groups is 2. The summed E-state index contributed by atoms with van der Waals surface area (Å²) in [5.41, 5.74) is 2.98. The second-order valence-corrected chi connectivity index (χ2v) is 17.2. The van der Waals surface area contributed by atoms with Gasteiger partial charge < -0.3 is 24.6 Å². The number of hydrogen-bond acceptors (Lipinski definition) is 12. The van der Waals surface area contributed by atoms with Crippen molar-refractivity contribution in [1.82, 2.24) is 39.5 Å². The first-order valence-electron chi connectivity index (χ1n) is 20.9. The van der Waals surface area contributed by atoms with E-state index in [1.807, 2.05) is 35.4 Å². The molecule has 1 aliphatic carbocycles. The number of hydrogen-bond donors (Lipinski definition) is 2. The lowest BCUT2D eigenvalue weighted by Gasteiger charge is -2.36. The molecule has 0 bridgehead atoms. The van der Waals surface area contributed by atoms with Crippen LogP contribution in [0.15, 0.2) is 53.7 Å². The minimum Gasteiger partial charge on any atom is -0.367 e. The number of carbonyl (C=O) groups is 6. The first kappa shape index (κ1) is 40.9. The van der Waals surface area contributed by atoms with Gasteiger partial charge in [0.05, 0.1) is 23.0 Å². The highest BCUT2D eigenvalue weighted by molar-refractivity contribution is 7.99. The number of unbranched alkanes of at least 4 members (excludes halogenated alkanes) is 3. The molecule has 0 radical (unpaired) electrons. The van der Waals surface area contributed by atoms with E-state index >= 15 is 0 Å². The molecule has 4 aliphatic rings. The molecule has 314 valence electrons. The molecular weight excluding hydrogens is 785 g/mol. The SMILES string of the molecule is CN(C)C(=O)c1cc2cnc(Nc3ccc(N4CCN(C(=O)CCCCCCSc5cccc6c5C(=O)N(C5CCC(=O)NC5=O)C6=O)CC4)cn3)nc2n1C1CCCC1. The molecule has 8 rings (SSSR count). The molecule has 3 aliphatic heterocycles. The Bertz CT molecular complexity index is 2320. The van der Waals surface area contributed by atoms with Gasteiger partial charge in [0.25, 0.3) is 17.7 Å². The highest BCUT2D eigenvalue weighted by Gasteiger charge is 2.45. The Hall–Kier alpha value is -5.84. The Labute approximate surface area is 352 Å². The fraction of sp³-hybridized carbons (Fsp3) is 0.465. The van der Waals surface area contributed by atoms with Gasteiger partial charge in [0.15, 0.2) is 0 Å². The van der Waals surface area contributed by atoms with Crippen molar-refractivity contribution < 1.29 is 28.8 Å². The van der Waals surface area contributed by atoms with Crippen LogP contribution in [0, 0.1) is 0 Å². The monoisotopic (exact) mass is 834 g/mol. The summed E-state index contributed by atoms with van der Waals surface area (Å²) in [6.07, 6.45) is 12.1. The van der Waals surface area contributed by atoms with E-state index < -0.39 is 29.7 Å². The lowest BCUT2D eigenvalue weighted by atomic mass is 10.0. The van der Waals surface area contributed by atoms with Crippen LogP contribution in [0.25, 0.3) is 11.0 Å². The molecule has 60 heavy (non-hydrogen) atoms. The molecular formula is C43H50N10O6S. The maximum atomic E-state index is 13.3. The van der Waals surface area contributed by atoms with E-state index in [2.05, 4.69) is 30.1 Å². The van der Waals surface area contributed by atoms with Crippen molar-refractivity contribution in [3.63, 3.8) is 0 Å². The van der Waals surface area contributed by atoms with Gasteiger partial charge in [-0.05, 0) is 68.2 Å². The van der Waals surface area contributed by atoms with Crippen molar-refractivity contribution in [3.05, 3.63) is 65.6 Å². The van der Waals surface area contributed by atoms with Crippen LogP contribution in [0.5, 0.6) is 0 Å². The fourth-order valence-electron chi connectivity index (χ4n) is 8.65. The van der Waals surface area contributed by atoms with E-state index in [-0.39, 0.29) is 36.3 Å². The molecule has 3 fully saturated rings. The van der Waals surface area contributed by atoms with Crippen molar-refractivity contribution in [1.29, 1.82) is 0 Å². The Balaban J connectivity index is 0.759. The minimum absolute atomic E-state index is 0.0462. The summed E-state index contributed by atoms with van der Waals surface area (Å²) in [4.78, 5) is 98.1. The number of amides is 6. The summed E-state index contributed by atoms with van der Waals surface area (Å²) in [5.74, 6) is -0.109. The van der Waals surface area contributed by atoms with Crippen LogP contribution >= 0.6 is 11.8 Å². The van der Waals surface area contributed by atoms with E-state index in [1.54, 1.807) is 37.3 Å². The Morgan fingerprint density at radius 3 is 2.42 bits per heavy atom. The number of carbonyl (C=O) groups excluding carboxylic acids is 6. The molecule has 2 N–H and O–H groups in total. The average Bonchev–Trinajstić information content (AvgIpc) is 3.97. The van der Waals surface area contributed by atoms with Crippen LogP contribution in [0.4, 0.5) is 17.5 Å². The van der Waals surface area contributed by atoms with Crippen LogP contribution in [0.2, 0.25) is 0 Å². The lowest BCUT2D eigenvalue weighted by molar-refractivity contribution is -0.136. The van der Waals surface area contributed by atoms with Crippen molar-refractivity contribution in [2.75, 3.05) is 56.2 Å². The zero-order valence-electron chi connectivity index (χ0n) is 34.0. The second-order valence-electron chi connectivity index (χ2n) is 16.0. The maximum absolute atomic E-state index is 13.3. The molecule has 6 heterocycles. The van der Waals surface area contributed by atoms with Gasteiger partial charge in [-0.2, -0.15) is 4.98 Å². The zero-order chi connectivity index (χ0) is 41.9. The molecule has 2 saturated heterocycles. The van der Waals surface area contributed by atoms with E-state index in [4.69, 9.17) is 4.98 Å². The molecule has 3 aromatic heterocycles. The van der Waals surface area contributed by atoms with Gasteiger partial charge in [-0.25, -0.2) is 9.97 Å². The molecule has 6 amide bonds. The largest absolute Gasteiger partial charge is 0.367 e. The van der Waals surface area contributed by atoms with Crippen LogP contribution in [-0.4, -0.2) is 122 Å². The highest BCUT2D eigenvalue weighted by Crippen LogP contribution is 2.36. The predicted octanol–water partition coefficient (Wildman–Crippen LogP) is 5.18. The Morgan fingerprint density at radius 2 is 1.68 bits per heavy atom. The molecule has 17 heteroatoms. The molecule has 1 unspecified atom stereocenters. The highest BCUT2D eigenvalue weighted by atomic mass is 32.2. The summed E-state index contributed by atoms with van der Waals surface area (Å²) in [7, 11) is 3.53. The normalized spacial score (nSPS) is 18.4. The number of anilines is 3. The van der Waals surface area contributed by atoms with Crippen LogP contribution in [0.1, 0.15) is 108 Å². The first-order valence-corrected chi connectivity index (χ1v) is 21.9. The summed E-state index contributed by atoms with van der Waals surface area (Å²) >= 11 is 1.52. The molecule has 1 atom stereocenters. The number of pyridine rings is 1. The minimum atomic E-state index is -0.985. The van der Waals surface area contributed by atoms with Gasteiger partial charge in [-0.1, -0.05) is 31.7 Å². The van der Waals surface area contributed by atoms with Gasteiger partial charge in [-0.3, -0.25) is 39.0 Å². The Kier molecular flexibility index (Phi) is 12.1. The quantitative estimate of drug-likeness (QED) is 0.0967. The standard InChI is InChI=1S/C43H50N10O6S/c1-49(2)41(58)32-24-27-25-45-43(48-38(27)52(32)28-10-6-7-11-28)46-34-17-15-29(26-44-34)50-19-21-51(22-20-50)36(55)14-5-3-4-8-23-60-33-13-9-12-30-37(33)42(59)53(40(30)57)31-16-18-35(54)47-39(31)56/h9,12-13,15,17,24-26,28,31H,3-8,10-11,14,16,18-23H2,1-2H3,(H,47,54,56)(H,44,45,46,48). The number of benzene rings is 1. The number of aromatic nitrogens is 4. The third kappa shape index (κ3) is 8.44. The first-order chi connectivity index (χ1) is 29.1. The number of rotatable bonds is 14. The number of nitrogens with one attached hydrogen (secondary N) is 2. The predicted molar refractivity (Wildman–Crippen MR) is 226 cm³/mol. The van der Waals surface area contributed by atoms with Gasteiger partial charge in [-0.15, -0.1) is 11.8 Å². The van der Waals surface area contributed by atoms with E-state index in [9.17, 15) is 28.8 Å². The summed E-state index contributed by atoms with van der Waals surface area (Å²) in [5, 5.41) is 6.30. The fourth-order valence-corrected chi connectivity index (χ4v) is 9.73. The molecule has 1 aromatic carbocycles. The maximum Gasteiger partial charge on any atom is 0.270 e. The van der Waals surface area contributed by atoms with Crippen molar-refractivity contribution in [3.8, 4) is 0 Å². The summed E-state index contributed by atoms with van der Waals surface area (Å²) in [6, 6.07) is 10.2. The van der Waals surface area contributed by atoms with Crippen LogP contribution in [0.3, 0.4) is 0 Å². The van der Waals surface area contributed by atoms with E-state index in [0.717, 1.165) is 78.7 Å². The van der Waals surface area contributed by atoms with Crippen molar-refractivity contribution in [2.45, 2.75) is 87.6 Å². The van der Waals surface area contributed by atoms with Crippen LogP contribution < -0.4 is 15.5 Å². The number of piperidine rings is 1. The Morgan fingerprint density at radius 1 is 0.900 bits per heavy atom. The van der Waals surface area contributed by atoms with E-state index in [0.29, 0.717) is 60.5 Å². The number of thioether (sulfide) groups is 1. The summed E-state index contributed by atoms with van der Waals surface area (Å²) < 4.78 is 2.09.